The molecule has 0 fully saturated rings. The Balaban J connectivity index is 1.45. The normalized spacial score (nSPS) is 13.8. The van der Waals surface area contributed by atoms with E-state index in [2.05, 4.69) is 22.8 Å². The molecule has 1 aliphatic rings. The van der Waals surface area contributed by atoms with Crippen LogP contribution in [-0.4, -0.2) is 36.2 Å². The number of fused-ring (bicyclic) bond motifs is 3. The first-order valence-electron chi connectivity index (χ1n) is 11.1. The average Bonchev–Trinajstić information content (AvgIpc) is 3.18. The summed E-state index contributed by atoms with van der Waals surface area (Å²) in [5, 5.41) is 14.3. The van der Waals surface area contributed by atoms with Gasteiger partial charge < -0.3 is 20.5 Å². The van der Waals surface area contributed by atoms with Crippen LogP contribution in [0, 0.1) is 5.92 Å². The van der Waals surface area contributed by atoms with Crippen molar-refractivity contribution in [3.63, 3.8) is 0 Å². The summed E-state index contributed by atoms with van der Waals surface area (Å²) >= 11 is 0. The van der Waals surface area contributed by atoms with Crippen molar-refractivity contribution in [2.45, 2.75) is 18.9 Å². The Hall–Kier alpha value is -4.13. The third-order valence-corrected chi connectivity index (χ3v) is 6.01. The van der Waals surface area contributed by atoms with E-state index in [1.165, 1.54) is 6.92 Å². The lowest BCUT2D eigenvalue weighted by molar-refractivity contribution is -0.141. The second-order valence-electron chi connectivity index (χ2n) is 8.30. The van der Waals surface area contributed by atoms with Crippen LogP contribution >= 0.6 is 0 Å². The fourth-order valence-electron chi connectivity index (χ4n) is 4.15. The highest BCUT2D eigenvalue weighted by Crippen LogP contribution is 2.44. The zero-order valence-corrected chi connectivity index (χ0v) is 18.7. The second kappa shape index (κ2) is 10.2. The van der Waals surface area contributed by atoms with Crippen LogP contribution in [0.4, 0.5) is 4.79 Å². The van der Waals surface area contributed by atoms with Crippen LogP contribution in [0.2, 0.25) is 0 Å². The van der Waals surface area contributed by atoms with Crippen molar-refractivity contribution in [3.8, 4) is 11.1 Å². The highest BCUT2D eigenvalue weighted by molar-refractivity contribution is 5.87. The highest BCUT2D eigenvalue weighted by Gasteiger charge is 2.30. The molecular formula is C27H26N2O5. The zero-order valence-electron chi connectivity index (χ0n) is 18.7. The fourth-order valence-corrected chi connectivity index (χ4v) is 4.15. The first-order chi connectivity index (χ1) is 16.5. The molecule has 0 aliphatic heterocycles. The summed E-state index contributed by atoms with van der Waals surface area (Å²) in [6.45, 7) is 1.57. The van der Waals surface area contributed by atoms with Crippen LogP contribution in [0.3, 0.4) is 0 Å². The maximum Gasteiger partial charge on any atom is 0.408 e. The van der Waals surface area contributed by atoms with E-state index in [0.29, 0.717) is 5.56 Å². The number of carbonyl (C=O) groups excluding carboxylic acids is 2. The van der Waals surface area contributed by atoms with Crippen LogP contribution in [0.5, 0.6) is 0 Å². The van der Waals surface area contributed by atoms with E-state index in [9.17, 15) is 14.4 Å². The molecule has 4 rings (SSSR count). The van der Waals surface area contributed by atoms with Gasteiger partial charge in [-0.2, -0.15) is 0 Å². The van der Waals surface area contributed by atoms with Crippen molar-refractivity contribution < 1.29 is 24.2 Å². The van der Waals surface area contributed by atoms with E-state index in [1.807, 2.05) is 36.4 Å². The van der Waals surface area contributed by atoms with Gasteiger partial charge >= 0.3 is 12.1 Å². The van der Waals surface area contributed by atoms with Crippen molar-refractivity contribution in [2.75, 3.05) is 13.2 Å². The van der Waals surface area contributed by atoms with Crippen molar-refractivity contribution in [1.29, 1.82) is 0 Å². The lowest BCUT2D eigenvalue weighted by atomic mass is 9.98. The summed E-state index contributed by atoms with van der Waals surface area (Å²) in [7, 11) is 0. The third-order valence-electron chi connectivity index (χ3n) is 6.01. The van der Waals surface area contributed by atoms with Crippen molar-refractivity contribution in [3.05, 3.63) is 95.6 Å². The van der Waals surface area contributed by atoms with E-state index >= 15 is 0 Å². The predicted molar refractivity (Wildman–Crippen MR) is 127 cm³/mol. The number of aliphatic carboxylic acids is 1. The number of carboxylic acid groups (broad SMARTS) is 1. The maximum absolute atomic E-state index is 12.8. The summed E-state index contributed by atoms with van der Waals surface area (Å²) in [4.78, 5) is 36.6. The minimum Gasteiger partial charge on any atom is -0.481 e. The monoisotopic (exact) mass is 458 g/mol. The summed E-state index contributed by atoms with van der Waals surface area (Å²) < 4.78 is 5.58. The number of benzene rings is 3. The Morgan fingerprint density at radius 3 is 2.03 bits per heavy atom. The van der Waals surface area contributed by atoms with Gasteiger partial charge in [-0.1, -0.05) is 85.8 Å². The third kappa shape index (κ3) is 4.93. The number of nitrogens with one attached hydrogen (secondary N) is 2. The molecule has 0 saturated heterocycles. The topological polar surface area (TPSA) is 105 Å². The van der Waals surface area contributed by atoms with Crippen molar-refractivity contribution in [2.24, 2.45) is 5.92 Å². The molecule has 1 aliphatic carbocycles. The first kappa shape index (κ1) is 23.0. The van der Waals surface area contributed by atoms with Crippen LogP contribution in [0.15, 0.2) is 78.9 Å². The second-order valence-corrected chi connectivity index (χ2v) is 8.30. The number of amides is 2. The van der Waals surface area contributed by atoms with Gasteiger partial charge in [0.2, 0.25) is 5.91 Å². The Morgan fingerprint density at radius 1 is 0.882 bits per heavy atom. The van der Waals surface area contributed by atoms with Gasteiger partial charge in [0, 0.05) is 12.5 Å². The molecular weight excluding hydrogens is 432 g/mol. The Kier molecular flexibility index (Phi) is 6.92. The standard InChI is InChI=1S/C27H26N2O5/c1-17(26(31)32)15-28-25(30)24(18-9-3-2-4-10-18)29-27(33)34-16-23-21-13-7-5-11-19(21)20-12-6-8-14-22(20)23/h2-14,17,23-24H,15-16H2,1H3,(H,28,30)(H,29,33)(H,31,32). The average molecular weight is 459 g/mol. The lowest BCUT2D eigenvalue weighted by Crippen LogP contribution is -2.42. The van der Waals surface area contributed by atoms with Gasteiger partial charge in [0.15, 0.2) is 0 Å². The number of carboxylic acids is 1. The zero-order chi connectivity index (χ0) is 24.1. The molecule has 7 heteroatoms. The summed E-state index contributed by atoms with van der Waals surface area (Å²) in [5.74, 6) is -2.37. The van der Waals surface area contributed by atoms with Crippen molar-refractivity contribution in [1.82, 2.24) is 10.6 Å². The van der Waals surface area contributed by atoms with Crippen LogP contribution in [0.1, 0.15) is 35.6 Å². The number of ether oxygens (including phenoxy) is 1. The van der Waals surface area contributed by atoms with Crippen LogP contribution in [0.25, 0.3) is 11.1 Å². The fraction of sp³-hybridized carbons (Fsp3) is 0.222. The summed E-state index contributed by atoms with van der Waals surface area (Å²) in [6, 6.07) is 23.8. The number of carbonyl (C=O) groups is 3. The molecule has 2 atom stereocenters. The van der Waals surface area contributed by atoms with Crippen molar-refractivity contribution >= 4 is 18.0 Å². The molecule has 3 aromatic carbocycles. The van der Waals surface area contributed by atoms with E-state index in [1.54, 1.807) is 30.3 Å². The van der Waals surface area contributed by atoms with E-state index in [4.69, 9.17) is 9.84 Å². The summed E-state index contributed by atoms with van der Waals surface area (Å²) in [6.07, 6.45) is -0.725. The van der Waals surface area contributed by atoms with Gasteiger partial charge in [0.05, 0.1) is 5.92 Å². The first-order valence-corrected chi connectivity index (χ1v) is 11.1. The molecule has 7 nitrogen and oxygen atoms in total. The van der Waals surface area contributed by atoms with Crippen LogP contribution < -0.4 is 10.6 Å². The molecule has 174 valence electrons. The Labute approximate surface area is 197 Å². The van der Waals surface area contributed by atoms with Gasteiger partial charge in [-0.25, -0.2) is 4.79 Å². The predicted octanol–water partition coefficient (Wildman–Crippen LogP) is 4.10. The molecule has 3 aromatic rings. The molecule has 0 saturated carbocycles. The minimum absolute atomic E-state index is 0.0517. The molecule has 3 N–H and O–H groups in total. The lowest BCUT2D eigenvalue weighted by Gasteiger charge is -2.20. The SMILES string of the molecule is CC(CNC(=O)C(NC(=O)OCC1c2ccccc2-c2ccccc21)c1ccccc1)C(=O)O. The molecule has 34 heavy (non-hydrogen) atoms. The smallest absolute Gasteiger partial charge is 0.408 e. The van der Waals surface area contributed by atoms with Gasteiger partial charge in [-0.15, -0.1) is 0 Å². The van der Waals surface area contributed by atoms with Gasteiger partial charge in [0.1, 0.15) is 12.6 Å². The van der Waals surface area contributed by atoms with E-state index in [0.717, 1.165) is 22.3 Å². The van der Waals surface area contributed by atoms with Crippen LogP contribution in [-0.2, 0) is 14.3 Å². The molecule has 0 bridgehead atoms. The number of alkyl carbamates (subject to hydrolysis) is 1. The molecule has 2 amide bonds. The number of hydrogen-bond acceptors (Lipinski definition) is 4. The quantitative estimate of drug-likeness (QED) is 0.471. The van der Waals surface area contributed by atoms with Gasteiger partial charge in [-0.3, -0.25) is 9.59 Å². The summed E-state index contributed by atoms with van der Waals surface area (Å²) in [5.41, 5.74) is 5.01. The molecule has 0 heterocycles. The molecule has 0 spiro atoms. The van der Waals surface area contributed by atoms with Gasteiger partial charge in [-0.05, 0) is 27.8 Å². The Bertz CT molecular complexity index is 1150. The van der Waals surface area contributed by atoms with Gasteiger partial charge in [0.25, 0.3) is 0 Å². The molecule has 2 unspecified atom stereocenters. The largest absolute Gasteiger partial charge is 0.481 e. The minimum atomic E-state index is -1.02. The number of rotatable bonds is 8. The van der Waals surface area contributed by atoms with E-state index < -0.39 is 29.9 Å². The molecule has 0 aromatic heterocycles. The number of hydrogen-bond donors (Lipinski definition) is 3. The maximum atomic E-state index is 12.8. The Morgan fingerprint density at radius 2 is 1.44 bits per heavy atom. The van der Waals surface area contributed by atoms with E-state index in [-0.39, 0.29) is 19.1 Å². The molecule has 0 radical (unpaired) electrons. The highest BCUT2D eigenvalue weighted by atomic mass is 16.5.